The lowest BCUT2D eigenvalue weighted by molar-refractivity contribution is 0.149. The highest BCUT2D eigenvalue weighted by Crippen LogP contribution is 2.12. The Hall–Kier alpha value is -1.13. The molecule has 1 N–H and O–H groups in total. The van der Waals surface area contributed by atoms with Crippen molar-refractivity contribution in [1.82, 2.24) is 9.97 Å². The maximum Gasteiger partial charge on any atom is 0.134 e. The number of anilines is 1. The minimum Gasteiger partial charge on any atom is -0.379 e. The van der Waals surface area contributed by atoms with Crippen LogP contribution in [0.1, 0.15) is 25.6 Å². The van der Waals surface area contributed by atoms with E-state index in [1.54, 1.807) is 6.07 Å². The molecule has 100 valence electrons. The predicted molar refractivity (Wildman–Crippen MR) is 75.2 cm³/mol. The smallest absolute Gasteiger partial charge is 0.134 e. The fourth-order valence-corrected chi connectivity index (χ4v) is 1.61. The van der Waals surface area contributed by atoms with E-state index >= 15 is 0 Å². The van der Waals surface area contributed by atoms with Gasteiger partial charge in [0.25, 0.3) is 0 Å². The lowest BCUT2D eigenvalue weighted by atomic mass is 10.3. The highest BCUT2D eigenvalue weighted by atomic mass is 35.5. The van der Waals surface area contributed by atoms with Crippen LogP contribution in [0, 0.1) is 0 Å². The van der Waals surface area contributed by atoms with Gasteiger partial charge in [-0.2, -0.15) is 0 Å². The highest BCUT2D eigenvalue weighted by Gasteiger charge is 2.02. The van der Waals surface area contributed by atoms with Gasteiger partial charge in [-0.05, 0) is 12.8 Å². The summed E-state index contributed by atoms with van der Waals surface area (Å²) in [4.78, 5) is 8.54. The van der Waals surface area contributed by atoms with Crippen molar-refractivity contribution in [1.29, 1.82) is 0 Å². The van der Waals surface area contributed by atoms with Crippen LogP contribution in [-0.2, 0) is 11.2 Å². The minimum absolute atomic E-state index is 0.475. The number of aromatic nitrogens is 2. The number of nitrogens with one attached hydrogen (secondary N) is 1. The zero-order chi connectivity index (χ0) is 13.2. The van der Waals surface area contributed by atoms with E-state index in [9.17, 15) is 0 Å². The molecule has 0 aliphatic rings. The summed E-state index contributed by atoms with van der Waals surface area (Å²) in [7, 11) is 0. The van der Waals surface area contributed by atoms with Crippen LogP contribution in [0.3, 0.4) is 0 Å². The number of halogens is 1. The molecule has 0 fully saturated rings. The molecule has 1 aromatic heterocycles. The van der Waals surface area contributed by atoms with Crippen molar-refractivity contribution in [3.8, 4) is 0 Å². The molecule has 0 atom stereocenters. The van der Waals surface area contributed by atoms with E-state index in [0.29, 0.717) is 24.9 Å². The lowest BCUT2D eigenvalue weighted by Gasteiger charge is -2.08. The number of hydrogen-bond donors (Lipinski definition) is 1. The Morgan fingerprint density at radius 1 is 1.44 bits per heavy atom. The third-order valence-electron chi connectivity index (χ3n) is 2.23. The Bertz CT molecular complexity index is 371. The van der Waals surface area contributed by atoms with Crippen LogP contribution in [0.2, 0.25) is 5.15 Å². The quantitative estimate of drug-likeness (QED) is 0.425. The molecule has 0 saturated carbocycles. The van der Waals surface area contributed by atoms with Crippen LogP contribution >= 0.6 is 11.6 Å². The highest BCUT2D eigenvalue weighted by molar-refractivity contribution is 6.29. The second-order valence-corrected chi connectivity index (χ2v) is 4.25. The van der Waals surface area contributed by atoms with E-state index in [1.165, 1.54) is 0 Å². The Morgan fingerprint density at radius 2 is 2.28 bits per heavy atom. The van der Waals surface area contributed by atoms with Crippen LogP contribution in [0.5, 0.6) is 0 Å². The topological polar surface area (TPSA) is 47.0 Å². The van der Waals surface area contributed by atoms with Gasteiger partial charge in [0.2, 0.25) is 0 Å². The summed E-state index contributed by atoms with van der Waals surface area (Å²) >= 11 is 5.93. The first-order valence-electron chi connectivity index (χ1n) is 6.22. The summed E-state index contributed by atoms with van der Waals surface area (Å²) in [6.45, 7) is 7.77. The number of rotatable bonds is 9. The molecular formula is C13H20ClN3O. The average molecular weight is 270 g/mol. The number of hydrogen-bond acceptors (Lipinski definition) is 4. The molecule has 1 heterocycles. The zero-order valence-corrected chi connectivity index (χ0v) is 11.5. The van der Waals surface area contributed by atoms with Gasteiger partial charge in [0.05, 0.1) is 13.2 Å². The van der Waals surface area contributed by atoms with E-state index in [-0.39, 0.29) is 0 Å². The van der Waals surface area contributed by atoms with Crippen molar-refractivity contribution in [3.63, 3.8) is 0 Å². The van der Waals surface area contributed by atoms with Gasteiger partial charge in [0.1, 0.15) is 16.8 Å². The van der Waals surface area contributed by atoms with Crippen molar-refractivity contribution in [2.45, 2.75) is 26.2 Å². The SMILES string of the molecule is C=CCCOCCNc1cc(Cl)nc(CCC)n1. The van der Waals surface area contributed by atoms with Crippen LogP contribution in [-0.4, -0.2) is 29.7 Å². The Kier molecular flexibility index (Phi) is 7.37. The first-order chi connectivity index (χ1) is 8.76. The largest absolute Gasteiger partial charge is 0.379 e. The lowest BCUT2D eigenvalue weighted by Crippen LogP contribution is -2.11. The average Bonchev–Trinajstić information content (AvgIpc) is 2.33. The van der Waals surface area contributed by atoms with E-state index in [1.807, 2.05) is 6.08 Å². The van der Waals surface area contributed by atoms with Gasteiger partial charge in [0, 0.05) is 19.0 Å². The van der Waals surface area contributed by atoms with Crippen LogP contribution < -0.4 is 5.32 Å². The molecule has 0 aliphatic carbocycles. The van der Waals surface area contributed by atoms with Gasteiger partial charge in [0.15, 0.2) is 0 Å². The van der Waals surface area contributed by atoms with Crippen molar-refractivity contribution in [2.75, 3.05) is 25.1 Å². The molecule has 0 aliphatic heterocycles. The Balaban J connectivity index is 2.34. The molecule has 0 amide bonds. The van der Waals surface area contributed by atoms with Crippen molar-refractivity contribution in [2.24, 2.45) is 0 Å². The van der Waals surface area contributed by atoms with E-state index in [0.717, 1.165) is 30.9 Å². The molecule has 0 spiro atoms. The Morgan fingerprint density at radius 3 is 3.00 bits per heavy atom. The molecule has 5 heteroatoms. The maximum atomic E-state index is 5.93. The summed E-state index contributed by atoms with van der Waals surface area (Å²) < 4.78 is 5.39. The van der Waals surface area contributed by atoms with Crippen molar-refractivity contribution >= 4 is 17.4 Å². The molecule has 0 aromatic carbocycles. The summed E-state index contributed by atoms with van der Waals surface area (Å²) in [5.41, 5.74) is 0. The fourth-order valence-electron chi connectivity index (χ4n) is 1.41. The van der Waals surface area contributed by atoms with Gasteiger partial charge in [-0.1, -0.05) is 24.6 Å². The summed E-state index contributed by atoms with van der Waals surface area (Å²) in [5.74, 6) is 1.53. The van der Waals surface area contributed by atoms with Crippen LogP contribution in [0.25, 0.3) is 0 Å². The fraction of sp³-hybridized carbons (Fsp3) is 0.538. The molecular weight excluding hydrogens is 250 g/mol. The number of ether oxygens (including phenoxy) is 1. The van der Waals surface area contributed by atoms with Gasteiger partial charge >= 0.3 is 0 Å². The van der Waals surface area contributed by atoms with E-state index in [4.69, 9.17) is 16.3 Å². The standard InChI is InChI=1S/C13H20ClN3O/c1-3-5-8-18-9-7-15-13-10-11(14)16-12(17-13)6-4-2/h3,10H,1,4-9H2,2H3,(H,15,16,17). The summed E-state index contributed by atoms with van der Waals surface area (Å²) in [5, 5.41) is 3.65. The van der Waals surface area contributed by atoms with E-state index in [2.05, 4.69) is 28.8 Å². The van der Waals surface area contributed by atoms with Gasteiger partial charge in [-0.25, -0.2) is 9.97 Å². The van der Waals surface area contributed by atoms with Gasteiger partial charge in [-0.15, -0.1) is 6.58 Å². The summed E-state index contributed by atoms with van der Waals surface area (Å²) in [6, 6.07) is 1.73. The van der Waals surface area contributed by atoms with Gasteiger partial charge < -0.3 is 10.1 Å². The monoisotopic (exact) mass is 269 g/mol. The first-order valence-corrected chi connectivity index (χ1v) is 6.60. The molecule has 0 saturated heterocycles. The van der Waals surface area contributed by atoms with Gasteiger partial charge in [-0.3, -0.25) is 0 Å². The molecule has 0 bridgehead atoms. The zero-order valence-electron chi connectivity index (χ0n) is 10.8. The second-order valence-electron chi connectivity index (χ2n) is 3.86. The normalized spacial score (nSPS) is 10.3. The minimum atomic E-state index is 0.475. The van der Waals surface area contributed by atoms with Crippen molar-refractivity contribution in [3.05, 3.63) is 29.7 Å². The predicted octanol–water partition coefficient (Wildman–Crippen LogP) is 3.09. The molecule has 18 heavy (non-hydrogen) atoms. The van der Waals surface area contributed by atoms with Crippen molar-refractivity contribution < 1.29 is 4.74 Å². The summed E-state index contributed by atoms with van der Waals surface area (Å²) in [6.07, 6.45) is 4.56. The third kappa shape index (κ3) is 5.98. The van der Waals surface area contributed by atoms with Crippen LogP contribution in [0.15, 0.2) is 18.7 Å². The molecule has 1 rings (SSSR count). The first kappa shape index (κ1) is 14.9. The third-order valence-corrected chi connectivity index (χ3v) is 2.43. The van der Waals surface area contributed by atoms with Crippen LogP contribution in [0.4, 0.5) is 5.82 Å². The Labute approximate surface area is 113 Å². The molecule has 1 aromatic rings. The molecule has 0 unspecified atom stereocenters. The van der Waals surface area contributed by atoms with E-state index < -0.39 is 0 Å². The molecule has 0 radical (unpaired) electrons. The molecule has 4 nitrogen and oxygen atoms in total. The second kappa shape index (κ2) is 8.89. The maximum absolute atomic E-state index is 5.93. The number of nitrogens with zero attached hydrogens (tertiary/aromatic N) is 2. The number of aryl methyl sites for hydroxylation is 1.